The minimum absolute atomic E-state index is 0.583. The zero-order chi connectivity index (χ0) is 20.5. The van der Waals surface area contributed by atoms with Crippen molar-refractivity contribution in [3.63, 3.8) is 0 Å². The van der Waals surface area contributed by atoms with Gasteiger partial charge in [0, 0.05) is 17.6 Å². The number of hydrogen-bond acceptors (Lipinski definition) is 7. The van der Waals surface area contributed by atoms with Crippen LogP contribution in [0.4, 0.5) is 5.82 Å². The van der Waals surface area contributed by atoms with Gasteiger partial charge in [-0.2, -0.15) is 0 Å². The van der Waals surface area contributed by atoms with Crippen molar-refractivity contribution in [1.82, 2.24) is 15.0 Å². The molecule has 152 valence electrons. The van der Waals surface area contributed by atoms with E-state index in [1.54, 1.807) is 17.5 Å². The van der Waals surface area contributed by atoms with E-state index in [1.807, 2.05) is 37.3 Å². The second kappa shape index (κ2) is 8.08. The van der Waals surface area contributed by atoms with Crippen LogP contribution in [0.25, 0.3) is 21.7 Å². The Morgan fingerprint density at radius 3 is 2.80 bits per heavy atom. The van der Waals surface area contributed by atoms with Gasteiger partial charge >= 0.3 is 0 Å². The van der Waals surface area contributed by atoms with Crippen LogP contribution in [0.5, 0.6) is 11.5 Å². The lowest BCUT2D eigenvalue weighted by atomic mass is 10.1. The van der Waals surface area contributed by atoms with Crippen LogP contribution in [0.3, 0.4) is 0 Å². The van der Waals surface area contributed by atoms with Crippen molar-refractivity contribution < 1.29 is 9.47 Å². The van der Waals surface area contributed by atoms with Crippen molar-refractivity contribution in [2.75, 3.05) is 25.1 Å². The van der Waals surface area contributed by atoms with Crippen LogP contribution in [0, 0.1) is 6.92 Å². The van der Waals surface area contributed by atoms with Gasteiger partial charge in [-0.1, -0.05) is 23.7 Å². The Hall–Kier alpha value is -2.90. The molecule has 3 aromatic heterocycles. The van der Waals surface area contributed by atoms with Gasteiger partial charge in [0.15, 0.2) is 17.3 Å². The molecule has 30 heavy (non-hydrogen) atoms. The van der Waals surface area contributed by atoms with Gasteiger partial charge in [-0.3, -0.25) is 4.98 Å². The van der Waals surface area contributed by atoms with E-state index in [2.05, 4.69) is 16.4 Å². The maximum absolute atomic E-state index is 6.56. The van der Waals surface area contributed by atoms with E-state index in [0.29, 0.717) is 30.6 Å². The molecule has 0 saturated carbocycles. The Kier molecular flexibility index (Phi) is 5.14. The number of fused-ring (bicyclic) bond motifs is 2. The lowest BCUT2D eigenvalue weighted by Crippen LogP contribution is -2.15. The van der Waals surface area contributed by atoms with E-state index < -0.39 is 0 Å². The first-order valence-electron chi connectivity index (χ1n) is 9.69. The first-order valence-corrected chi connectivity index (χ1v) is 10.9. The third kappa shape index (κ3) is 3.66. The zero-order valence-electron chi connectivity index (χ0n) is 16.3. The van der Waals surface area contributed by atoms with E-state index in [-0.39, 0.29) is 0 Å². The van der Waals surface area contributed by atoms with Crippen LogP contribution in [0.2, 0.25) is 5.02 Å². The van der Waals surface area contributed by atoms with E-state index in [0.717, 1.165) is 50.1 Å². The Bertz CT molecular complexity index is 1210. The fourth-order valence-electron chi connectivity index (χ4n) is 3.38. The first kappa shape index (κ1) is 19.1. The summed E-state index contributed by atoms with van der Waals surface area (Å²) in [5.41, 5.74) is 1.89. The number of ether oxygens (including phenoxy) is 2. The number of thiophene rings is 1. The summed E-state index contributed by atoms with van der Waals surface area (Å²) in [4.78, 5) is 15.7. The number of hydrogen-bond donors (Lipinski definition) is 1. The first-order chi connectivity index (χ1) is 14.7. The molecule has 0 bridgehead atoms. The Morgan fingerprint density at radius 1 is 1.10 bits per heavy atom. The molecule has 1 aromatic carbocycles. The highest BCUT2D eigenvalue weighted by molar-refractivity contribution is 7.19. The number of pyridine rings is 1. The number of anilines is 1. The number of aryl methyl sites for hydroxylation is 1. The van der Waals surface area contributed by atoms with E-state index in [9.17, 15) is 0 Å². The molecule has 0 saturated heterocycles. The molecule has 1 aliphatic rings. The molecule has 4 heterocycles. The van der Waals surface area contributed by atoms with Crippen LogP contribution in [-0.4, -0.2) is 34.7 Å². The third-order valence-electron chi connectivity index (χ3n) is 4.86. The number of aromatic nitrogens is 3. The van der Waals surface area contributed by atoms with Gasteiger partial charge < -0.3 is 14.8 Å². The highest BCUT2D eigenvalue weighted by Gasteiger charge is 2.17. The van der Waals surface area contributed by atoms with Crippen molar-refractivity contribution in [3.05, 3.63) is 58.1 Å². The normalized spacial score (nSPS) is 12.9. The molecule has 4 aromatic rings. The second-order valence-corrected chi connectivity index (χ2v) is 8.50. The summed E-state index contributed by atoms with van der Waals surface area (Å²) >= 11 is 8.13. The SMILES string of the molecule is Cc1sc2nc(-c3ccccn3)nc(NCCc3ccc4c(c3)OCCO4)c2c1Cl. The van der Waals surface area contributed by atoms with Crippen LogP contribution < -0.4 is 14.8 Å². The summed E-state index contributed by atoms with van der Waals surface area (Å²) in [7, 11) is 0. The van der Waals surface area contributed by atoms with Gasteiger partial charge in [0.05, 0.1) is 10.4 Å². The van der Waals surface area contributed by atoms with Crippen molar-refractivity contribution in [1.29, 1.82) is 0 Å². The Labute approximate surface area is 182 Å². The second-order valence-electron chi connectivity index (χ2n) is 6.92. The third-order valence-corrected chi connectivity index (χ3v) is 6.44. The maximum Gasteiger partial charge on any atom is 0.181 e. The van der Waals surface area contributed by atoms with E-state index >= 15 is 0 Å². The smallest absolute Gasteiger partial charge is 0.181 e. The monoisotopic (exact) mass is 438 g/mol. The fraction of sp³-hybridized carbons (Fsp3) is 0.227. The van der Waals surface area contributed by atoms with Gasteiger partial charge in [-0.15, -0.1) is 11.3 Å². The molecule has 0 atom stereocenters. The molecule has 1 N–H and O–H groups in total. The van der Waals surface area contributed by atoms with Gasteiger partial charge in [0.1, 0.15) is 29.6 Å². The molecule has 8 heteroatoms. The lowest BCUT2D eigenvalue weighted by molar-refractivity contribution is 0.171. The molecule has 5 rings (SSSR count). The molecule has 1 aliphatic heterocycles. The largest absolute Gasteiger partial charge is 0.486 e. The van der Waals surface area contributed by atoms with Crippen molar-refractivity contribution >= 4 is 39.0 Å². The minimum atomic E-state index is 0.583. The number of nitrogens with zero attached hydrogens (tertiary/aromatic N) is 3. The number of rotatable bonds is 5. The number of halogens is 1. The predicted octanol–water partition coefficient (Wildman–Crippen LogP) is 5.14. The number of benzene rings is 1. The molecular formula is C22H19ClN4O2S. The summed E-state index contributed by atoms with van der Waals surface area (Å²) in [5, 5.41) is 5.01. The quantitative estimate of drug-likeness (QED) is 0.465. The van der Waals surface area contributed by atoms with Crippen LogP contribution in [-0.2, 0) is 6.42 Å². The van der Waals surface area contributed by atoms with Crippen LogP contribution >= 0.6 is 22.9 Å². The van der Waals surface area contributed by atoms with E-state index in [1.165, 1.54) is 0 Å². The highest BCUT2D eigenvalue weighted by atomic mass is 35.5. The molecule has 0 fully saturated rings. The summed E-state index contributed by atoms with van der Waals surface area (Å²) < 4.78 is 11.3. The summed E-state index contributed by atoms with van der Waals surface area (Å²) in [6, 6.07) is 11.8. The molecule has 0 unspecified atom stereocenters. The molecule has 6 nitrogen and oxygen atoms in total. The molecule has 0 spiro atoms. The topological polar surface area (TPSA) is 69.2 Å². The summed E-state index contributed by atoms with van der Waals surface area (Å²) in [5.74, 6) is 2.92. The molecule has 0 amide bonds. The van der Waals surface area contributed by atoms with Crippen LogP contribution in [0.1, 0.15) is 10.4 Å². The number of nitrogens with one attached hydrogen (secondary N) is 1. The summed E-state index contributed by atoms with van der Waals surface area (Å²) in [6.45, 7) is 3.86. The van der Waals surface area contributed by atoms with Gasteiger partial charge in [-0.05, 0) is 43.2 Å². The van der Waals surface area contributed by atoms with Crippen molar-refractivity contribution in [2.24, 2.45) is 0 Å². The average molecular weight is 439 g/mol. The Balaban J connectivity index is 1.42. The van der Waals surface area contributed by atoms with Gasteiger partial charge in [0.25, 0.3) is 0 Å². The predicted molar refractivity (Wildman–Crippen MR) is 120 cm³/mol. The molecule has 0 aliphatic carbocycles. The van der Waals surface area contributed by atoms with Gasteiger partial charge in [0.2, 0.25) is 0 Å². The fourth-order valence-corrected chi connectivity index (χ4v) is 4.65. The minimum Gasteiger partial charge on any atom is -0.486 e. The van der Waals surface area contributed by atoms with Gasteiger partial charge in [-0.25, -0.2) is 9.97 Å². The zero-order valence-corrected chi connectivity index (χ0v) is 17.9. The van der Waals surface area contributed by atoms with Crippen LogP contribution in [0.15, 0.2) is 42.6 Å². The molecular weight excluding hydrogens is 420 g/mol. The Morgan fingerprint density at radius 2 is 1.97 bits per heavy atom. The van der Waals surface area contributed by atoms with Crippen molar-refractivity contribution in [2.45, 2.75) is 13.3 Å². The molecule has 0 radical (unpaired) electrons. The lowest BCUT2D eigenvalue weighted by Gasteiger charge is -2.19. The highest BCUT2D eigenvalue weighted by Crippen LogP contribution is 2.38. The average Bonchev–Trinajstić information content (AvgIpc) is 3.08. The maximum atomic E-state index is 6.56. The van der Waals surface area contributed by atoms with E-state index in [4.69, 9.17) is 31.0 Å². The van der Waals surface area contributed by atoms with Crippen molar-refractivity contribution in [3.8, 4) is 23.0 Å². The summed E-state index contributed by atoms with van der Waals surface area (Å²) in [6.07, 6.45) is 2.55. The standard InChI is InChI=1S/C22H19ClN4O2S/c1-13-19(23)18-21(26-20(27-22(18)30-13)15-4-2-3-8-24-15)25-9-7-14-5-6-16-17(12-14)29-11-10-28-16/h2-6,8,12H,7,9-11H2,1H3,(H,25,26,27).